The van der Waals surface area contributed by atoms with E-state index in [0.29, 0.717) is 16.7 Å². The van der Waals surface area contributed by atoms with Gasteiger partial charge in [0.05, 0.1) is 6.85 Å². The van der Waals surface area contributed by atoms with Crippen molar-refractivity contribution in [1.29, 1.82) is 0 Å². The van der Waals surface area contributed by atoms with Crippen molar-refractivity contribution in [2.45, 2.75) is 0 Å². The van der Waals surface area contributed by atoms with Crippen molar-refractivity contribution in [1.82, 2.24) is 0 Å². The second kappa shape index (κ2) is 10.4. The Bertz CT molecular complexity index is 2720. The lowest BCUT2D eigenvalue weighted by molar-refractivity contribution is 0.670. The molecule has 45 heavy (non-hydrogen) atoms. The van der Waals surface area contributed by atoms with E-state index in [4.69, 9.17) is 11.3 Å². The highest BCUT2D eigenvalue weighted by atomic mass is 16.3. The SMILES string of the molecule is [2H]c1c([2H])c([2H])c(-c2cccc3c2oc2ccc(-c4c5ccccc5c(-c5ccc(-c6ccccc6)cc5)c5ccccc45)cc23)c([2H])c1[2H]. The van der Waals surface area contributed by atoms with Gasteiger partial charge in [-0.1, -0.05) is 158 Å². The summed E-state index contributed by atoms with van der Waals surface area (Å²) in [7, 11) is 0. The summed E-state index contributed by atoms with van der Waals surface area (Å²) in [6.07, 6.45) is 0. The van der Waals surface area contributed by atoms with Crippen LogP contribution in [-0.4, -0.2) is 0 Å². The molecule has 0 radical (unpaired) electrons. The van der Waals surface area contributed by atoms with Crippen LogP contribution in [0.3, 0.4) is 0 Å². The summed E-state index contributed by atoms with van der Waals surface area (Å²) in [6.45, 7) is 0. The first-order valence-corrected chi connectivity index (χ1v) is 15.0. The largest absolute Gasteiger partial charge is 0.455 e. The lowest BCUT2D eigenvalue weighted by atomic mass is 9.85. The summed E-state index contributed by atoms with van der Waals surface area (Å²) in [5, 5.41) is 6.31. The first-order chi connectivity index (χ1) is 24.4. The van der Waals surface area contributed by atoms with E-state index in [-0.39, 0.29) is 29.7 Å². The number of rotatable bonds is 4. The topological polar surface area (TPSA) is 13.1 Å². The van der Waals surface area contributed by atoms with E-state index >= 15 is 0 Å². The summed E-state index contributed by atoms with van der Waals surface area (Å²) in [4.78, 5) is 0. The Hall–Kier alpha value is -5.92. The molecular weight excluding hydrogens is 544 g/mol. The maximum atomic E-state index is 8.60. The third-order valence-electron chi connectivity index (χ3n) is 8.77. The van der Waals surface area contributed by atoms with E-state index in [2.05, 4.69) is 109 Å². The number of benzene rings is 8. The smallest absolute Gasteiger partial charge is 0.143 e. The van der Waals surface area contributed by atoms with Gasteiger partial charge in [0.25, 0.3) is 0 Å². The summed E-state index contributed by atoms with van der Waals surface area (Å²) >= 11 is 0. The Balaban J connectivity index is 1.26. The number of fused-ring (bicyclic) bond motifs is 5. The van der Waals surface area contributed by atoms with Crippen LogP contribution in [-0.2, 0) is 0 Å². The van der Waals surface area contributed by atoms with E-state index in [1.54, 1.807) is 6.07 Å². The molecule has 0 saturated carbocycles. The molecule has 0 fully saturated rings. The predicted octanol–water partition coefficient (Wildman–Crippen LogP) is 12.6. The molecule has 1 heteroatoms. The summed E-state index contributed by atoms with van der Waals surface area (Å²) < 4.78 is 48.1. The molecule has 9 rings (SSSR count). The second-order valence-electron chi connectivity index (χ2n) is 11.3. The first kappa shape index (κ1) is 20.9. The highest BCUT2D eigenvalue weighted by Gasteiger charge is 2.18. The molecule has 9 aromatic rings. The molecule has 0 spiro atoms. The molecule has 0 atom stereocenters. The van der Waals surface area contributed by atoms with Gasteiger partial charge in [0.1, 0.15) is 11.2 Å². The molecule has 0 unspecified atom stereocenters. The molecule has 8 aromatic carbocycles. The first-order valence-electron chi connectivity index (χ1n) is 17.5. The molecule has 0 bridgehead atoms. The van der Waals surface area contributed by atoms with Gasteiger partial charge in [-0.25, -0.2) is 0 Å². The van der Waals surface area contributed by atoms with Crippen molar-refractivity contribution in [2.24, 2.45) is 0 Å². The van der Waals surface area contributed by atoms with Crippen molar-refractivity contribution in [3.8, 4) is 44.5 Å². The van der Waals surface area contributed by atoms with E-state index in [9.17, 15) is 0 Å². The highest BCUT2D eigenvalue weighted by Crippen LogP contribution is 2.45. The molecular formula is C44H28O. The summed E-state index contributed by atoms with van der Waals surface area (Å²) in [5.41, 5.74) is 8.61. The molecule has 0 amide bonds. The summed E-state index contributed by atoms with van der Waals surface area (Å²) in [6, 6.07) is 46.5. The van der Waals surface area contributed by atoms with E-state index in [1.807, 2.05) is 24.3 Å². The van der Waals surface area contributed by atoms with Gasteiger partial charge in [0, 0.05) is 16.3 Å². The third kappa shape index (κ3) is 4.17. The zero-order valence-electron chi connectivity index (χ0n) is 29.2. The van der Waals surface area contributed by atoms with Crippen molar-refractivity contribution in [2.75, 3.05) is 0 Å². The normalized spacial score (nSPS) is 13.1. The van der Waals surface area contributed by atoms with Gasteiger partial charge >= 0.3 is 0 Å². The van der Waals surface area contributed by atoms with Crippen LogP contribution in [0.25, 0.3) is 88.0 Å². The van der Waals surface area contributed by atoms with Crippen LogP contribution >= 0.6 is 0 Å². The zero-order valence-corrected chi connectivity index (χ0v) is 24.2. The molecule has 1 heterocycles. The zero-order chi connectivity index (χ0) is 34.1. The Morgan fingerprint density at radius 2 is 0.911 bits per heavy atom. The number of furan rings is 1. The maximum absolute atomic E-state index is 8.60. The van der Waals surface area contributed by atoms with E-state index < -0.39 is 6.04 Å². The number of para-hydroxylation sites is 1. The monoisotopic (exact) mass is 577 g/mol. The van der Waals surface area contributed by atoms with Gasteiger partial charge in [0.2, 0.25) is 0 Å². The fraction of sp³-hybridized carbons (Fsp3) is 0. The maximum Gasteiger partial charge on any atom is 0.143 e. The fourth-order valence-corrected chi connectivity index (χ4v) is 6.75. The van der Waals surface area contributed by atoms with Gasteiger partial charge in [-0.05, 0) is 72.6 Å². The quantitative estimate of drug-likeness (QED) is 0.190. The van der Waals surface area contributed by atoms with Crippen LogP contribution in [0, 0.1) is 0 Å². The Labute approximate surface area is 268 Å². The molecule has 210 valence electrons. The van der Waals surface area contributed by atoms with Crippen LogP contribution in [0.1, 0.15) is 6.85 Å². The molecule has 0 aliphatic carbocycles. The lowest BCUT2D eigenvalue weighted by Crippen LogP contribution is -1.91. The van der Waals surface area contributed by atoms with Gasteiger partial charge in [-0.15, -0.1) is 0 Å². The second-order valence-corrected chi connectivity index (χ2v) is 11.3. The molecule has 0 aliphatic rings. The molecule has 0 N–H and O–H groups in total. The van der Waals surface area contributed by atoms with Crippen LogP contribution in [0.15, 0.2) is 174 Å². The van der Waals surface area contributed by atoms with Crippen molar-refractivity contribution in [3.05, 3.63) is 170 Å². The van der Waals surface area contributed by atoms with Crippen LogP contribution in [0.2, 0.25) is 0 Å². The Morgan fingerprint density at radius 1 is 0.378 bits per heavy atom. The Kier molecular flexibility index (Phi) is 4.81. The molecule has 1 aromatic heterocycles. The van der Waals surface area contributed by atoms with Gasteiger partial charge in [-0.3, -0.25) is 0 Å². The summed E-state index contributed by atoms with van der Waals surface area (Å²) in [5.74, 6) is 0. The molecule has 1 nitrogen and oxygen atoms in total. The van der Waals surface area contributed by atoms with E-state index in [1.165, 1.54) is 16.7 Å². The average Bonchev–Trinajstić information content (AvgIpc) is 3.54. The Morgan fingerprint density at radius 3 is 1.58 bits per heavy atom. The van der Waals surface area contributed by atoms with Gasteiger partial charge in [0.15, 0.2) is 0 Å². The lowest BCUT2D eigenvalue weighted by Gasteiger charge is -2.18. The molecule has 0 saturated heterocycles. The van der Waals surface area contributed by atoms with Crippen molar-refractivity contribution >= 4 is 43.5 Å². The molecule has 0 aliphatic heterocycles. The minimum absolute atomic E-state index is 0.130. The van der Waals surface area contributed by atoms with Crippen LogP contribution in [0.5, 0.6) is 0 Å². The van der Waals surface area contributed by atoms with Crippen molar-refractivity contribution < 1.29 is 11.3 Å². The highest BCUT2D eigenvalue weighted by molar-refractivity contribution is 6.22. The van der Waals surface area contributed by atoms with Gasteiger partial charge < -0.3 is 4.42 Å². The number of hydrogen-bond acceptors (Lipinski definition) is 1. The third-order valence-corrected chi connectivity index (χ3v) is 8.77. The predicted molar refractivity (Wildman–Crippen MR) is 190 cm³/mol. The minimum atomic E-state index is -0.417. The minimum Gasteiger partial charge on any atom is -0.455 e. The van der Waals surface area contributed by atoms with Crippen LogP contribution in [0.4, 0.5) is 0 Å². The average molecular weight is 578 g/mol. The van der Waals surface area contributed by atoms with Gasteiger partial charge in [-0.2, -0.15) is 0 Å². The van der Waals surface area contributed by atoms with E-state index in [0.717, 1.165) is 49.0 Å². The van der Waals surface area contributed by atoms with Crippen LogP contribution < -0.4 is 0 Å². The standard InChI is InChI=1S/C44H28O/c1-3-12-29(13-4-1)30-22-24-32(25-23-30)42-35-16-7-9-18-37(35)43(38-19-10-8-17-36(38)42)33-26-27-41-40(28-33)39-21-11-20-34(44(39)45-41)31-14-5-2-6-15-31/h1-28H/i2D,5D,6D,14D,15D. The van der Waals surface area contributed by atoms with Crippen molar-refractivity contribution in [3.63, 3.8) is 0 Å². The fourth-order valence-electron chi connectivity index (χ4n) is 6.75. The number of hydrogen-bond donors (Lipinski definition) is 0.